The summed E-state index contributed by atoms with van der Waals surface area (Å²) in [6.07, 6.45) is 2.06. The highest BCUT2D eigenvalue weighted by Crippen LogP contribution is 2.17. The Labute approximate surface area is 142 Å². The number of anilines is 1. The van der Waals surface area contributed by atoms with Gasteiger partial charge in [0.1, 0.15) is 11.6 Å². The molecule has 0 radical (unpaired) electrons. The third-order valence-electron chi connectivity index (χ3n) is 3.58. The predicted molar refractivity (Wildman–Crippen MR) is 90.6 cm³/mol. The van der Waals surface area contributed by atoms with Crippen LogP contribution in [0.4, 0.5) is 14.9 Å². The minimum absolute atomic E-state index is 0.227. The normalized spacial score (nSPS) is 10.8. The number of carbonyl (C=O) groups excluding carboxylic acids is 1. The molecule has 0 aliphatic carbocycles. The lowest BCUT2D eigenvalue weighted by atomic mass is 10.3. The Bertz CT molecular complexity index is 895. The molecule has 8 heteroatoms. The summed E-state index contributed by atoms with van der Waals surface area (Å²) in [5.41, 5.74) is 1.88. The number of aryl methyl sites for hydroxylation is 1. The van der Waals surface area contributed by atoms with E-state index in [1.165, 1.54) is 12.1 Å². The molecular weight excluding hydrogens is 333 g/mol. The minimum Gasteiger partial charge on any atom is -0.337 e. The maximum absolute atomic E-state index is 13.3. The smallest absolute Gasteiger partial charge is 0.319 e. The van der Waals surface area contributed by atoms with Crippen LogP contribution in [-0.4, -0.2) is 27.1 Å². The van der Waals surface area contributed by atoms with Crippen LogP contribution < -0.4 is 10.6 Å². The SMILES string of the molecule is Cn1c(CCNC(=O)Nc2cccnc2Cl)nc2ccc(F)cc21. The third-order valence-corrected chi connectivity index (χ3v) is 3.88. The van der Waals surface area contributed by atoms with Crippen LogP contribution in [0.5, 0.6) is 0 Å². The van der Waals surface area contributed by atoms with E-state index < -0.39 is 0 Å². The monoisotopic (exact) mass is 347 g/mol. The number of urea groups is 1. The average molecular weight is 348 g/mol. The maximum Gasteiger partial charge on any atom is 0.319 e. The molecule has 0 aliphatic rings. The Morgan fingerprint density at radius 3 is 3.00 bits per heavy atom. The maximum atomic E-state index is 13.3. The predicted octanol–water partition coefficient (Wildman–Crippen LogP) is 3.13. The number of nitrogens with zero attached hydrogens (tertiary/aromatic N) is 3. The van der Waals surface area contributed by atoms with Crippen molar-refractivity contribution in [2.45, 2.75) is 6.42 Å². The van der Waals surface area contributed by atoms with Gasteiger partial charge in [-0.2, -0.15) is 0 Å². The van der Waals surface area contributed by atoms with E-state index in [9.17, 15) is 9.18 Å². The van der Waals surface area contributed by atoms with Gasteiger partial charge >= 0.3 is 6.03 Å². The average Bonchev–Trinajstić information content (AvgIpc) is 2.86. The van der Waals surface area contributed by atoms with Crippen LogP contribution >= 0.6 is 11.6 Å². The molecule has 24 heavy (non-hydrogen) atoms. The first kappa shape index (κ1) is 16.2. The number of carbonyl (C=O) groups is 1. The van der Waals surface area contributed by atoms with Gasteiger partial charge in [0.25, 0.3) is 0 Å². The quantitative estimate of drug-likeness (QED) is 0.712. The molecule has 124 valence electrons. The topological polar surface area (TPSA) is 71.8 Å². The summed E-state index contributed by atoms with van der Waals surface area (Å²) in [7, 11) is 1.82. The Kier molecular flexibility index (Phi) is 4.61. The Morgan fingerprint density at radius 1 is 1.38 bits per heavy atom. The largest absolute Gasteiger partial charge is 0.337 e. The van der Waals surface area contributed by atoms with E-state index in [-0.39, 0.29) is 17.0 Å². The van der Waals surface area contributed by atoms with Gasteiger partial charge in [0.05, 0.1) is 16.7 Å². The fourth-order valence-corrected chi connectivity index (χ4v) is 2.54. The molecule has 0 saturated heterocycles. The Balaban J connectivity index is 1.59. The van der Waals surface area contributed by atoms with E-state index in [1.54, 1.807) is 24.4 Å². The van der Waals surface area contributed by atoms with Gasteiger partial charge in [0.15, 0.2) is 5.15 Å². The molecule has 0 atom stereocenters. The van der Waals surface area contributed by atoms with Crippen molar-refractivity contribution in [3.63, 3.8) is 0 Å². The number of hydrogen-bond acceptors (Lipinski definition) is 3. The van der Waals surface area contributed by atoms with Crippen LogP contribution in [-0.2, 0) is 13.5 Å². The number of amides is 2. The summed E-state index contributed by atoms with van der Waals surface area (Å²) >= 11 is 5.88. The fraction of sp³-hybridized carbons (Fsp3) is 0.188. The first-order valence-electron chi connectivity index (χ1n) is 7.31. The molecule has 2 amide bonds. The van der Waals surface area contributed by atoms with E-state index in [1.807, 2.05) is 11.6 Å². The minimum atomic E-state index is -0.380. The Hall–Kier alpha value is -2.67. The standard InChI is InChI=1S/C16H15ClFN5O/c1-23-13-9-10(18)4-5-11(13)21-14(23)6-8-20-16(24)22-12-3-2-7-19-15(12)17/h2-5,7,9H,6,8H2,1H3,(H2,20,22,24). The lowest BCUT2D eigenvalue weighted by Gasteiger charge is -2.08. The van der Waals surface area contributed by atoms with Crippen molar-refractivity contribution in [1.82, 2.24) is 19.9 Å². The molecule has 0 fully saturated rings. The molecule has 0 bridgehead atoms. The molecule has 3 aromatic rings. The molecule has 0 spiro atoms. The van der Waals surface area contributed by atoms with Crippen molar-refractivity contribution in [2.24, 2.45) is 7.05 Å². The van der Waals surface area contributed by atoms with Crippen LogP contribution in [0, 0.1) is 5.82 Å². The van der Waals surface area contributed by atoms with Gasteiger partial charge in [0.2, 0.25) is 0 Å². The van der Waals surface area contributed by atoms with Gasteiger partial charge < -0.3 is 15.2 Å². The van der Waals surface area contributed by atoms with Crippen molar-refractivity contribution in [1.29, 1.82) is 0 Å². The molecule has 2 aromatic heterocycles. The summed E-state index contributed by atoms with van der Waals surface area (Å²) in [4.78, 5) is 20.2. The molecule has 6 nitrogen and oxygen atoms in total. The van der Waals surface area contributed by atoms with Crippen molar-refractivity contribution in [3.05, 3.63) is 53.3 Å². The molecule has 0 unspecified atom stereocenters. The zero-order valence-corrected chi connectivity index (χ0v) is 13.6. The second kappa shape index (κ2) is 6.84. The lowest BCUT2D eigenvalue weighted by molar-refractivity contribution is 0.252. The van der Waals surface area contributed by atoms with Crippen LogP contribution in [0.15, 0.2) is 36.5 Å². The van der Waals surface area contributed by atoms with Crippen molar-refractivity contribution < 1.29 is 9.18 Å². The van der Waals surface area contributed by atoms with E-state index in [0.29, 0.717) is 18.7 Å². The van der Waals surface area contributed by atoms with E-state index >= 15 is 0 Å². The second-order valence-corrected chi connectivity index (χ2v) is 5.55. The highest BCUT2D eigenvalue weighted by Gasteiger charge is 2.10. The van der Waals surface area contributed by atoms with Crippen molar-refractivity contribution in [2.75, 3.05) is 11.9 Å². The van der Waals surface area contributed by atoms with Crippen LogP contribution in [0.1, 0.15) is 5.82 Å². The molecular formula is C16H15ClFN5O. The number of pyridine rings is 1. The number of rotatable bonds is 4. The highest BCUT2D eigenvalue weighted by atomic mass is 35.5. The first-order valence-corrected chi connectivity index (χ1v) is 7.68. The zero-order valence-electron chi connectivity index (χ0n) is 12.9. The van der Waals surface area contributed by atoms with E-state index in [4.69, 9.17) is 11.6 Å². The first-order chi connectivity index (χ1) is 11.5. The number of hydrogen-bond donors (Lipinski definition) is 2. The number of imidazole rings is 1. The van der Waals surface area contributed by atoms with E-state index in [2.05, 4.69) is 20.6 Å². The van der Waals surface area contributed by atoms with Gasteiger partial charge in [-0.05, 0) is 30.3 Å². The molecule has 2 heterocycles. The summed E-state index contributed by atoms with van der Waals surface area (Å²) in [5, 5.41) is 5.58. The number of aromatic nitrogens is 3. The van der Waals surface area contributed by atoms with Gasteiger partial charge in [-0.15, -0.1) is 0 Å². The number of fused-ring (bicyclic) bond motifs is 1. The van der Waals surface area contributed by atoms with Crippen LogP contribution in [0.3, 0.4) is 0 Å². The van der Waals surface area contributed by atoms with Gasteiger partial charge in [-0.1, -0.05) is 11.6 Å². The highest BCUT2D eigenvalue weighted by molar-refractivity contribution is 6.32. The van der Waals surface area contributed by atoms with Crippen LogP contribution in [0.25, 0.3) is 11.0 Å². The lowest BCUT2D eigenvalue weighted by Crippen LogP contribution is -2.31. The second-order valence-electron chi connectivity index (χ2n) is 5.19. The zero-order chi connectivity index (χ0) is 17.1. The van der Waals surface area contributed by atoms with Crippen molar-refractivity contribution >= 4 is 34.4 Å². The third kappa shape index (κ3) is 3.46. The molecule has 0 saturated carbocycles. The van der Waals surface area contributed by atoms with Crippen LogP contribution in [0.2, 0.25) is 5.15 Å². The molecule has 2 N–H and O–H groups in total. The van der Waals surface area contributed by atoms with E-state index in [0.717, 1.165) is 16.9 Å². The summed E-state index contributed by atoms with van der Waals surface area (Å²) in [5.74, 6) is 0.457. The molecule has 1 aromatic carbocycles. The van der Waals surface area contributed by atoms with Gasteiger partial charge in [0, 0.05) is 26.2 Å². The number of halogens is 2. The number of benzene rings is 1. The van der Waals surface area contributed by atoms with Crippen molar-refractivity contribution in [3.8, 4) is 0 Å². The fourth-order valence-electron chi connectivity index (χ4n) is 2.37. The molecule has 3 rings (SSSR count). The summed E-state index contributed by atoms with van der Waals surface area (Å²) < 4.78 is 15.1. The summed E-state index contributed by atoms with van der Waals surface area (Å²) in [6.45, 7) is 0.378. The summed E-state index contributed by atoms with van der Waals surface area (Å²) in [6, 6.07) is 7.42. The molecule has 0 aliphatic heterocycles. The number of nitrogens with one attached hydrogen (secondary N) is 2. The Morgan fingerprint density at radius 2 is 2.21 bits per heavy atom. The van der Waals surface area contributed by atoms with Gasteiger partial charge in [-0.25, -0.2) is 19.2 Å². The van der Waals surface area contributed by atoms with Gasteiger partial charge in [-0.3, -0.25) is 0 Å².